The zero-order valence-corrected chi connectivity index (χ0v) is 26.3. The van der Waals surface area contributed by atoms with Gasteiger partial charge in [-0.15, -0.1) is 0 Å². The molecule has 4 rings (SSSR count). The van der Waals surface area contributed by atoms with Gasteiger partial charge >= 0.3 is 18.3 Å². The van der Waals surface area contributed by atoms with Crippen LogP contribution in [0.4, 0.5) is 26.3 Å². The topological polar surface area (TPSA) is 155 Å². The van der Waals surface area contributed by atoms with E-state index in [1.165, 1.54) is 0 Å². The predicted molar refractivity (Wildman–Crippen MR) is 149 cm³/mol. The van der Waals surface area contributed by atoms with Gasteiger partial charge in [-0.25, -0.2) is 0 Å². The van der Waals surface area contributed by atoms with Crippen molar-refractivity contribution in [3.8, 4) is 6.07 Å². The highest BCUT2D eigenvalue weighted by Gasteiger charge is 2.66. The van der Waals surface area contributed by atoms with Gasteiger partial charge in [0.15, 0.2) is 5.60 Å². The maximum absolute atomic E-state index is 13.1. The number of carbonyl (C=O) groups excluding carboxylic acids is 4. The molecule has 4 amide bonds. The molecule has 6 atom stereocenters. The Morgan fingerprint density at radius 1 is 1.20 bits per heavy atom. The zero-order chi connectivity index (χ0) is 34.8. The van der Waals surface area contributed by atoms with Crippen LogP contribution in [0.25, 0.3) is 0 Å². The number of amides is 4. The first-order chi connectivity index (χ1) is 20.4. The highest BCUT2D eigenvalue weighted by molar-refractivity contribution is 5.82. The molecule has 0 aromatic rings. The normalized spacial score (nSPS) is 28.2. The minimum absolute atomic E-state index is 0.00743. The summed E-state index contributed by atoms with van der Waals surface area (Å²) in [6.45, 7) is 12.7. The number of halogens is 6. The summed E-state index contributed by atoms with van der Waals surface area (Å²) in [5.74, 6) is -1.50. The molecule has 0 bridgehead atoms. The second-order valence-electron chi connectivity index (χ2n) is 13.6. The monoisotopic (exact) mass is 655 g/mol. The first-order valence-corrected chi connectivity index (χ1v) is 14.7. The molecule has 2 saturated carbocycles. The number of hydrogen-bond donors (Lipinski definition) is 3. The Balaban J connectivity index is 0.000000275. The minimum atomic E-state index is -4.86. The second-order valence-corrected chi connectivity index (χ2v) is 13.6. The Morgan fingerprint density at radius 2 is 1.76 bits per heavy atom. The molecule has 2 aliphatic carbocycles. The van der Waals surface area contributed by atoms with E-state index in [9.17, 15) is 40.7 Å². The molecule has 4 fully saturated rings. The maximum atomic E-state index is 13.1. The van der Waals surface area contributed by atoms with Crippen LogP contribution in [0.3, 0.4) is 0 Å². The highest BCUT2D eigenvalue weighted by atomic mass is 19.4. The number of nitrogens with two attached hydrogens (primary N) is 1. The van der Waals surface area contributed by atoms with Crippen LogP contribution in [0, 0.1) is 34.5 Å². The SMILES string of the molecule is CC1(C)CC(CC(C#N)NC=O)C(=O)N1.C[C@H](CC(=O)N1CC2C([C@H]1C)C2(C)C)OC1(C(F)(F)F)CCC1.NC(=O)C(F)(F)F. The van der Waals surface area contributed by atoms with Crippen LogP contribution in [-0.4, -0.2) is 77.3 Å². The van der Waals surface area contributed by atoms with Gasteiger partial charge in [0.05, 0.1) is 18.6 Å². The Labute approximate surface area is 258 Å². The van der Waals surface area contributed by atoms with E-state index in [0.29, 0.717) is 42.9 Å². The van der Waals surface area contributed by atoms with Gasteiger partial charge in [0.1, 0.15) is 6.04 Å². The van der Waals surface area contributed by atoms with Crippen molar-refractivity contribution < 1.29 is 50.3 Å². The average molecular weight is 656 g/mol. The van der Waals surface area contributed by atoms with Gasteiger partial charge in [-0.1, -0.05) is 13.8 Å². The van der Waals surface area contributed by atoms with Crippen molar-refractivity contribution in [3.63, 3.8) is 0 Å². The number of nitrogens with one attached hydrogen (secondary N) is 2. The summed E-state index contributed by atoms with van der Waals surface area (Å²) in [7, 11) is 0. The van der Waals surface area contributed by atoms with Crippen molar-refractivity contribution in [3.05, 3.63) is 0 Å². The number of carbonyl (C=O) groups is 4. The van der Waals surface area contributed by atoms with E-state index >= 15 is 0 Å². The molecule has 0 aromatic carbocycles. The molecule has 16 heteroatoms. The van der Waals surface area contributed by atoms with E-state index < -0.39 is 36.0 Å². The first-order valence-electron chi connectivity index (χ1n) is 14.7. The molecule has 2 saturated heterocycles. The predicted octanol–water partition coefficient (Wildman–Crippen LogP) is 3.73. The van der Waals surface area contributed by atoms with E-state index in [0.717, 1.165) is 6.54 Å². The van der Waals surface area contributed by atoms with Gasteiger partial charge in [-0.05, 0) is 77.0 Å². The summed E-state index contributed by atoms with van der Waals surface area (Å²) >= 11 is 0. The van der Waals surface area contributed by atoms with Gasteiger partial charge in [-0.2, -0.15) is 31.6 Å². The number of ether oxygens (including phenoxy) is 1. The molecule has 45 heavy (non-hydrogen) atoms. The summed E-state index contributed by atoms with van der Waals surface area (Å²) < 4.78 is 76.8. The molecule has 0 spiro atoms. The lowest BCUT2D eigenvalue weighted by Gasteiger charge is -2.44. The molecule has 0 aromatic heterocycles. The lowest BCUT2D eigenvalue weighted by molar-refractivity contribution is -0.315. The minimum Gasteiger partial charge on any atom is -0.362 e. The molecular weight excluding hydrogens is 612 g/mol. The van der Waals surface area contributed by atoms with E-state index in [1.807, 2.05) is 31.7 Å². The standard InChI is InChI=1S/C17H26F3NO2.C10H15N3O2.C2H2F3NO/c1-10(23-16(6-5-7-16)17(18,19)20)8-13(22)21-9-12-14(11(21)2)15(12,3)4;1-10(2)4-7(9(15)13-10)3-8(5-11)12-6-14;3-2(4,5)1(6)7/h10-12,14H,5-9H2,1-4H3;6-8H,3-4H2,1-2H3,(H,12,14)(H,13,15);(H2,6,7)/t10-,11-,12?,14?;;/m1../s1. The van der Waals surface area contributed by atoms with Crippen LogP contribution in [0.1, 0.15) is 80.1 Å². The van der Waals surface area contributed by atoms with Crippen molar-refractivity contribution >= 4 is 24.1 Å². The van der Waals surface area contributed by atoms with Crippen molar-refractivity contribution in [1.82, 2.24) is 15.5 Å². The number of alkyl halides is 6. The lowest BCUT2D eigenvalue weighted by atomic mass is 9.79. The third kappa shape index (κ3) is 9.23. The number of likely N-dealkylation sites (tertiary alicyclic amines) is 1. The van der Waals surface area contributed by atoms with E-state index in [4.69, 9.17) is 14.8 Å². The number of nitrogens with zero attached hydrogens (tertiary/aromatic N) is 2. The molecular formula is C29H43F6N5O5. The summed E-state index contributed by atoms with van der Waals surface area (Å²) in [4.78, 5) is 45.1. The smallest absolute Gasteiger partial charge is 0.362 e. The Kier molecular flexibility index (Phi) is 11.6. The molecule has 10 nitrogen and oxygen atoms in total. The zero-order valence-electron chi connectivity index (χ0n) is 26.3. The van der Waals surface area contributed by atoms with Crippen LogP contribution in [-0.2, 0) is 23.9 Å². The van der Waals surface area contributed by atoms with Crippen LogP contribution < -0.4 is 16.4 Å². The van der Waals surface area contributed by atoms with Crippen molar-refractivity contribution in [2.45, 2.75) is 122 Å². The van der Waals surface area contributed by atoms with Crippen LogP contribution in [0.5, 0.6) is 0 Å². The van der Waals surface area contributed by atoms with E-state index in [1.54, 1.807) is 6.92 Å². The number of piperidine rings is 1. The van der Waals surface area contributed by atoms with E-state index in [-0.39, 0.29) is 48.6 Å². The number of rotatable bonds is 8. The summed E-state index contributed by atoms with van der Waals surface area (Å²) in [6, 6.07) is 1.55. The van der Waals surface area contributed by atoms with Gasteiger partial charge in [-0.3, -0.25) is 19.2 Å². The van der Waals surface area contributed by atoms with Crippen LogP contribution in [0.15, 0.2) is 0 Å². The third-order valence-corrected chi connectivity index (χ3v) is 9.24. The Bertz CT molecular complexity index is 1150. The third-order valence-electron chi connectivity index (χ3n) is 9.24. The van der Waals surface area contributed by atoms with Gasteiger partial charge in [0.2, 0.25) is 18.2 Å². The number of fused-ring (bicyclic) bond motifs is 1. The van der Waals surface area contributed by atoms with Gasteiger partial charge in [0.25, 0.3) is 0 Å². The number of nitriles is 1. The van der Waals surface area contributed by atoms with Crippen molar-refractivity contribution in [2.24, 2.45) is 28.9 Å². The first kappa shape index (κ1) is 38.1. The number of hydrogen-bond acceptors (Lipinski definition) is 6. The fourth-order valence-corrected chi connectivity index (χ4v) is 6.66. The molecule has 2 heterocycles. The molecule has 4 aliphatic rings. The number of primary amides is 1. The summed E-state index contributed by atoms with van der Waals surface area (Å²) in [6.07, 6.45) is -7.78. The largest absolute Gasteiger partial charge is 0.470 e. The van der Waals surface area contributed by atoms with Crippen LogP contribution in [0.2, 0.25) is 0 Å². The van der Waals surface area contributed by atoms with Crippen molar-refractivity contribution in [1.29, 1.82) is 5.26 Å². The summed E-state index contributed by atoms with van der Waals surface area (Å²) in [5.41, 5.74) is 1.88. The molecule has 256 valence electrons. The molecule has 0 radical (unpaired) electrons. The van der Waals surface area contributed by atoms with Crippen LogP contribution >= 0.6 is 0 Å². The quantitative estimate of drug-likeness (QED) is 0.268. The lowest BCUT2D eigenvalue weighted by Crippen LogP contribution is -2.55. The van der Waals surface area contributed by atoms with E-state index in [2.05, 4.69) is 30.2 Å². The fourth-order valence-electron chi connectivity index (χ4n) is 6.66. The average Bonchev–Trinajstić information content (AvgIpc) is 3.08. The Morgan fingerprint density at radius 3 is 2.09 bits per heavy atom. The van der Waals surface area contributed by atoms with Gasteiger partial charge < -0.3 is 26.0 Å². The fraction of sp³-hybridized carbons (Fsp3) is 0.828. The second kappa shape index (κ2) is 13.7. The van der Waals surface area contributed by atoms with Gasteiger partial charge in [0, 0.05) is 24.0 Å². The maximum Gasteiger partial charge on any atom is 0.470 e. The highest BCUT2D eigenvalue weighted by Crippen LogP contribution is 2.64. The molecule has 2 aliphatic heterocycles. The molecule has 4 N–H and O–H groups in total. The molecule has 4 unspecified atom stereocenters. The van der Waals surface area contributed by atoms with Crippen molar-refractivity contribution in [2.75, 3.05) is 6.54 Å². The Hall–Kier alpha value is -3.09. The summed E-state index contributed by atoms with van der Waals surface area (Å²) in [5, 5.41) is 14.0.